The van der Waals surface area contributed by atoms with E-state index in [1.807, 2.05) is 38.2 Å². The molecule has 1 heterocycles. The van der Waals surface area contributed by atoms with E-state index in [2.05, 4.69) is 37.1 Å². The molecule has 0 saturated carbocycles. The van der Waals surface area contributed by atoms with Crippen molar-refractivity contribution in [3.8, 4) is 17.1 Å². The minimum absolute atomic E-state index is 0.265. The van der Waals surface area contributed by atoms with Gasteiger partial charge in [0.2, 0.25) is 5.88 Å². The average molecular weight is 421 g/mol. The van der Waals surface area contributed by atoms with Crippen LogP contribution in [0.2, 0.25) is 0 Å². The predicted octanol–water partition coefficient (Wildman–Crippen LogP) is 4.75. The van der Waals surface area contributed by atoms with Gasteiger partial charge >= 0.3 is 5.97 Å². The Morgan fingerprint density at radius 2 is 1.81 bits per heavy atom. The zero-order valence-corrected chi connectivity index (χ0v) is 18.9. The summed E-state index contributed by atoms with van der Waals surface area (Å²) in [6.07, 6.45) is 1.39. The van der Waals surface area contributed by atoms with Crippen molar-refractivity contribution in [2.24, 2.45) is 7.05 Å². The lowest BCUT2D eigenvalue weighted by Crippen LogP contribution is -2.09. The molecule has 0 fully saturated rings. The number of carbonyl (C=O) groups is 1. The number of aryl methyl sites for hydroxylation is 3. The number of hydrogen-bond donors (Lipinski definition) is 0. The van der Waals surface area contributed by atoms with Gasteiger partial charge in [-0.25, -0.2) is 9.48 Å². The van der Waals surface area contributed by atoms with Crippen LogP contribution >= 0.6 is 0 Å². The molecule has 1 aromatic heterocycles. The number of esters is 1. The van der Waals surface area contributed by atoms with Crippen LogP contribution in [-0.2, 0) is 27.9 Å². The maximum atomic E-state index is 12.2. The van der Waals surface area contributed by atoms with Gasteiger partial charge in [0.15, 0.2) is 0 Å². The van der Waals surface area contributed by atoms with Gasteiger partial charge in [0, 0.05) is 18.2 Å². The fraction of sp³-hybridized carbons (Fsp3) is 0.280. The van der Waals surface area contributed by atoms with Crippen molar-refractivity contribution in [2.75, 3.05) is 14.2 Å². The molecule has 0 bridgehead atoms. The summed E-state index contributed by atoms with van der Waals surface area (Å²) in [5, 5.41) is 4.68. The van der Waals surface area contributed by atoms with E-state index in [4.69, 9.17) is 14.2 Å². The van der Waals surface area contributed by atoms with Crippen LogP contribution in [0.5, 0.6) is 5.88 Å². The number of benzene rings is 2. The van der Waals surface area contributed by atoms with Crippen LogP contribution in [0, 0.1) is 20.8 Å². The van der Waals surface area contributed by atoms with Crippen molar-refractivity contribution in [3.63, 3.8) is 0 Å². The Hall–Kier alpha value is -3.54. The Morgan fingerprint density at radius 1 is 1.06 bits per heavy atom. The molecule has 31 heavy (non-hydrogen) atoms. The van der Waals surface area contributed by atoms with Crippen LogP contribution in [0.4, 0.5) is 0 Å². The summed E-state index contributed by atoms with van der Waals surface area (Å²) < 4.78 is 17.9. The van der Waals surface area contributed by atoms with Crippen LogP contribution in [-0.4, -0.2) is 30.0 Å². The summed E-state index contributed by atoms with van der Waals surface area (Å²) in [6.45, 7) is 6.46. The molecule has 0 unspecified atom stereocenters. The fourth-order valence-corrected chi connectivity index (χ4v) is 3.48. The number of ether oxygens (including phenoxy) is 3. The average Bonchev–Trinajstić information content (AvgIpc) is 3.05. The van der Waals surface area contributed by atoms with Crippen LogP contribution in [0.15, 0.2) is 48.7 Å². The highest BCUT2D eigenvalue weighted by atomic mass is 16.5. The van der Waals surface area contributed by atoms with E-state index < -0.39 is 5.97 Å². The van der Waals surface area contributed by atoms with Crippen LogP contribution < -0.4 is 4.74 Å². The topological polar surface area (TPSA) is 62.6 Å². The molecule has 3 rings (SSSR count). The summed E-state index contributed by atoms with van der Waals surface area (Å²) in [4.78, 5) is 12.2. The van der Waals surface area contributed by atoms with Gasteiger partial charge in [-0.1, -0.05) is 36.4 Å². The summed E-state index contributed by atoms with van der Waals surface area (Å²) in [5.74, 6) is 0.210. The van der Waals surface area contributed by atoms with E-state index in [1.54, 1.807) is 4.68 Å². The van der Waals surface area contributed by atoms with Gasteiger partial charge in [0.05, 0.1) is 26.2 Å². The Labute approximate surface area is 183 Å². The number of aromatic nitrogens is 2. The SMILES string of the molecule is CO/C=C(/C(=O)OC)c1ccccc1COc1c(C)c(-c2ccc(C)c(C)c2)nn1C. The van der Waals surface area contributed by atoms with Gasteiger partial charge in [-0.2, -0.15) is 5.10 Å². The quantitative estimate of drug-likeness (QED) is 0.314. The highest BCUT2D eigenvalue weighted by molar-refractivity contribution is 6.16. The molecule has 0 saturated heterocycles. The maximum Gasteiger partial charge on any atom is 0.341 e. The minimum atomic E-state index is -0.469. The molecule has 0 amide bonds. The molecule has 6 nitrogen and oxygen atoms in total. The molecule has 0 spiro atoms. The third-order valence-electron chi connectivity index (χ3n) is 5.31. The summed E-state index contributed by atoms with van der Waals surface area (Å²) in [7, 11) is 4.71. The molecule has 0 aliphatic carbocycles. The Bertz CT molecular complexity index is 1130. The first-order chi connectivity index (χ1) is 14.9. The highest BCUT2D eigenvalue weighted by Crippen LogP contribution is 2.31. The lowest BCUT2D eigenvalue weighted by atomic mass is 10.0. The second kappa shape index (κ2) is 9.51. The minimum Gasteiger partial charge on any atom is -0.503 e. The van der Waals surface area contributed by atoms with Crippen LogP contribution in [0.25, 0.3) is 16.8 Å². The maximum absolute atomic E-state index is 12.2. The zero-order valence-electron chi connectivity index (χ0n) is 18.9. The van der Waals surface area contributed by atoms with E-state index >= 15 is 0 Å². The zero-order chi connectivity index (χ0) is 22.5. The number of carbonyl (C=O) groups excluding carboxylic acids is 1. The summed E-state index contributed by atoms with van der Waals surface area (Å²) in [6, 6.07) is 13.8. The molecule has 0 atom stereocenters. The lowest BCUT2D eigenvalue weighted by Gasteiger charge is -2.13. The molecule has 0 N–H and O–H groups in total. The van der Waals surface area contributed by atoms with Crippen molar-refractivity contribution >= 4 is 11.5 Å². The van der Waals surface area contributed by atoms with E-state index in [0.29, 0.717) is 17.0 Å². The number of hydrogen-bond acceptors (Lipinski definition) is 5. The van der Waals surface area contributed by atoms with Crippen LogP contribution in [0.1, 0.15) is 27.8 Å². The molecule has 0 aliphatic heterocycles. The van der Waals surface area contributed by atoms with Crippen molar-refractivity contribution in [1.29, 1.82) is 0 Å². The van der Waals surface area contributed by atoms with Gasteiger partial charge < -0.3 is 14.2 Å². The largest absolute Gasteiger partial charge is 0.503 e. The van der Waals surface area contributed by atoms with Crippen LogP contribution in [0.3, 0.4) is 0 Å². The first-order valence-corrected chi connectivity index (χ1v) is 10.0. The standard InChI is InChI=1S/C25H28N2O4/c1-16-11-12-19(13-17(16)2)23-18(3)24(27(4)26-23)31-14-20-9-7-8-10-21(20)22(15-29-5)25(28)30-6/h7-13,15H,14H2,1-6H3/b22-15+. The van der Waals surface area contributed by atoms with E-state index in [-0.39, 0.29) is 6.61 Å². The molecular formula is C25H28N2O4. The second-order valence-electron chi connectivity index (χ2n) is 7.41. The third kappa shape index (κ3) is 4.63. The number of nitrogens with zero attached hydrogens (tertiary/aromatic N) is 2. The lowest BCUT2D eigenvalue weighted by molar-refractivity contribution is -0.133. The third-order valence-corrected chi connectivity index (χ3v) is 5.31. The van der Waals surface area contributed by atoms with E-state index in [0.717, 1.165) is 22.4 Å². The summed E-state index contributed by atoms with van der Waals surface area (Å²) in [5.41, 5.74) is 7.25. The van der Waals surface area contributed by atoms with E-state index in [1.165, 1.54) is 31.6 Å². The van der Waals surface area contributed by atoms with Gasteiger partial charge in [0.1, 0.15) is 12.2 Å². The monoisotopic (exact) mass is 420 g/mol. The smallest absolute Gasteiger partial charge is 0.341 e. The Kier molecular flexibility index (Phi) is 6.80. The number of methoxy groups -OCH3 is 2. The van der Waals surface area contributed by atoms with Gasteiger partial charge in [-0.05, 0) is 49.1 Å². The normalized spacial score (nSPS) is 11.4. The van der Waals surface area contributed by atoms with Gasteiger partial charge in [-0.3, -0.25) is 0 Å². The van der Waals surface area contributed by atoms with Crippen molar-refractivity contribution in [3.05, 3.63) is 76.5 Å². The molecule has 0 radical (unpaired) electrons. The van der Waals surface area contributed by atoms with E-state index in [9.17, 15) is 4.79 Å². The van der Waals surface area contributed by atoms with Crippen molar-refractivity contribution in [2.45, 2.75) is 27.4 Å². The Balaban J connectivity index is 1.91. The molecule has 2 aromatic carbocycles. The Morgan fingerprint density at radius 3 is 2.48 bits per heavy atom. The molecule has 3 aromatic rings. The number of rotatable bonds is 7. The fourth-order valence-electron chi connectivity index (χ4n) is 3.48. The molecule has 0 aliphatic rings. The first-order valence-electron chi connectivity index (χ1n) is 10.0. The molecule has 162 valence electrons. The van der Waals surface area contributed by atoms with Crippen molar-refractivity contribution in [1.82, 2.24) is 9.78 Å². The second-order valence-corrected chi connectivity index (χ2v) is 7.41. The van der Waals surface area contributed by atoms with Gasteiger partial charge in [-0.15, -0.1) is 0 Å². The van der Waals surface area contributed by atoms with Crippen molar-refractivity contribution < 1.29 is 19.0 Å². The molecule has 6 heteroatoms. The predicted molar refractivity (Wildman–Crippen MR) is 121 cm³/mol. The molecular weight excluding hydrogens is 392 g/mol. The van der Waals surface area contributed by atoms with Gasteiger partial charge in [0.25, 0.3) is 0 Å². The summed E-state index contributed by atoms with van der Waals surface area (Å²) >= 11 is 0. The highest BCUT2D eigenvalue weighted by Gasteiger charge is 2.19. The first kappa shape index (κ1) is 22.2.